The molecule has 3 aromatic rings. The van der Waals surface area contributed by atoms with E-state index in [0.717, 1.165) is 28.5 Å². The molecule has 2 atom stereocenters. The molecule has 0 bridgehead atoms. The summed E-state index contributed by atoms with van der Waals surface area (Å²) in [6.45, 7) is 3.34. The summed E-state index contributed by atoms with van der Waals surface area (Å²) >= 11 is 5.60. The average molecular weight is 424 g/mol. The zero-order valence-electron chi connectivity index (χ0n) is 16.8. The van der Waals surface area contributed by atoms with Gasteiger partial charge < -0.3 is 24.5 Å². The van der Waals surface area contributed by atoms with Gasteiger partial charge in [-0.2, -0.15) is 0 Å². The van der Waals surface area contributed by atoms with Crippen LogP contribution in [0.1, 0.15) is 36.9 Å². The molecule has 1 aliphatic rings. The van der Waals surface area contributed by atoms with Crippen LogP contribution >= 0.6 is 12.2 Å². The summed E-state index contributed by atoms with van der Waals surface area (Å²) in [4.78, 5) is 6.60. The molecule has 1 aliphatic heterocycles. The third kappa shape index (κ3) is 4.17. The largest absolute Gasteiger partial charge is 0.494 e. The Balaban J connectivity index is 1.65. The Kier molecular flexibility index (Phi) is 6.30. The Hall–Kier alpha value is -2.90. The molecular formula is C23H25N3O3S. The van der Waals surface area contributed by atoms with Crippen molar-refractivity contribution in [1.29, 1.82) is 0 Å². The van der Waals surface area contributed by atoms with E-state index in [9.17, 15) is 5.11 Å². The molecule has 0 spiro atoms. The van der Waals surface area contributed by atoms with Gasteiger partial charge in [-0.15, -0.1) is 0 Å². The summed E-state index contributed by atoms with van der Waals surface area (Å²) in [6.07, 6.45) is 2.40. The number of aliphatic hydroxyl groups is 1. The number of aliphatic hydroxyl groups excluding tert-OH is 1. The van der Waals surface area contributed by atoms with E-state index < -0.39 is 0 Å². The summed E-state index contributed by atoms with van der Waals surface area (Å²) in [5.41, 5.74) is 1.88. The van der Waals surface area contributed by atoms with Gasteiger partial charge in [0.05, 0.1) is 18.3 Å². The first-order valence-electron chi connectivity index (χ1n) is 10.1. The number of hydrogen-bond acceptors (Lipinski definition) is 5. The third-order valence-corrected chi connectivity index (χ3v) is 5.48. The van der Waals surface area contributed by atoms with Crippen molar-refractivity contribution in [3.05, 3.63) is 72.2 Å². The molecular weight excluding hydrogens is 398 g/mol. The van der Waals surface area contributed by atoms with Crippen molar-refractivity contribution in [1.82, 2.24) is 15.2 Å². The summed E-state index contributed by atoms with van der Waals surface area (Å²) < 4.78 is 11.8. The lowest BCUT2D eigenvalue weighted by Crippen LogP contribution is -2.30. The van der Waals surface area contributed by atoms with E-state index in [1.807, 2.05) is 61.5 Å². The highest BCUT2D eigenvalue weighted by Crippen LogP contribution is 2.40. The highest BCUT2D eigenvalue weighted by atomic mass is 32.1. The number of pyridine rings is 1. The molecule has 0 radical (unpaired) electrons. The number of nitrogens with zero attached hydrogens (tertiary/aromatic N) is 2. The topological polar surface area (TPSA) is 70.8 Å². The maximum absolute atomic E-state index is 9.33. The van der Waals surface area contributed by atoms with Crippen LogP contribution in [0.4, 0.5) is 0 Å². The molecule has 2 aromatic heterocycles. The molecule has 30 heavy (non-hydrogen) atoms. The maximum Gasteiger partial charge on any atom is 0.170 e. The molecule has 7 heteroatoms. The van der Waals surface area contributed by atoms with Crippen molar-refractivity contribution in [3.63, 3.8) is 0 Å². The number of nitrogens with one attached hydrogen (secondary N) is 1. The van der Waals surface area contributed by atoms with Gasteiger partial charge in [-0.25, -0.2) is 0 Å². The van der Waals surface area contributed by atoms with Crippen molar-refractivity contribution >= 4 is 17.3 Å². The van der Waals surface area contributed by atoms with Gasteiger partial charge >= 0.3 is 0 Å². The molecule has 2 N–H and O–H groups in total. The Bertz CT molecular complexity index is 975. The first-order chi connectivity index (χ1) is 14.7. The van der Waals surface area contributed by atoms with Gasteiger partial charge in [0, 0.05) is 24.9 Å². The number of furan rings is 1. The summed E-state index contributed by atoms with van der Waals surface area (Å²) in [6, 6.07) is 17.4. The zero-order chi connectivity index (χ0) is 20.9. The predicted octanol–water partition coefficient (Wildman–Crippen LogP) is 4.10. The first-order valence-corrected chi connectivity index (χ1v) is 10.5. The lowest BCUT2D eigenvalue weighted by molar-refractivity contribution is 0.233. The minimum Gasteiger partial charge on any atom is -0.494 e. The molecule has 3 heterocycles. The van der Waals surface area contributed by atoms with Crippen LogP contribution in [0.5, 0.6) is 5.75 Å². The minimum atomic E-state index is -0.143. The van der Waals surface area contributed by atoms with E-state index in [2.05, 4.69) is 15.2 Å². The van der Waals surface area contributed by atoms with E-state index in [4.69, 9.17) is 21.4 Å². The minimum absolute atomic E-state index is 0.107. The van der Waals surface area contributed by atoms with Gasteiger partial charge in [0.15, 0.2) is 5.11 Å². The predicted molar refractivity (Wildman–Crippen MR) is 119 cm³/mol. The number of aromatic nitrogens is 1. The van der Waals surface area contributed by atoms with E-state index >= 15 is 0 Å². The lowest BCUT2D eigenvalue weighted by Gasteiger charge is -2.25. The van der Waals surface area contributed by atoms with Crippen LogP contribution in [0.3, 0.4) is 0 Å². The monoisotopic (exact) mass is 423 g/mol. The average Bonchev–Trinajstić information content (AvgIpc) is 3.38. The fourth-order valence-electron chi connectivity index (χ4n) is 3.75. The first kappa shape index (κ1) is 20.4. The zero-order valence-corrected chi connectivity index (χ0v) is 17.6. The molecule has 1 aromatic carbocycles. The van der Waals surface area contributed by atoms with Crippen LogP contribution in [0.25, 0.3) is 11.3 Å². The summed E-state index contributed by atoms with van der Waals surface area (Å²) in [5.74, 6) is 2.43. The van der Waals surface area contributed by atoms with Crippen molar-refractivity contribution < 1.29 is 14.3 Å². The van der Waals surface area contributed by atoms with Gasteiger partial charge in [-0.1, -0.05) is 6.07 Å². The van der Waals surface area contributed by atoms with Crippen LogP contribution in [0.15, 0.2) is 65.2 Å². The van der Waals surface area contributed by atoms with Crippen LogP contribution in [0, 0.1) is 0 Å². The Morgan fingerprint density at radius 2 is 2.00 bits per heavy atom. The Labute approximate surface area is 181 Å². The fraction of sp³-hybridized carbons (Fsp3) is 0.304. The SMILES string of the molecule is CCOc1ccc(-c2ccc(C3C(c4ccccn4)NC(=S)N3CCCO)o2)cc1. The standard InChI is InChI=1S/C23H25N3O3S/c1-2-28-17-9-7-16(8-10-17)19-11-12-20(29-19)22-21(18-6-3-4-13-24-18)25-23(30)26(22)14-5-15-27/h3-4,6-13,21-22,27H,2,5,14-15H2,1H3,(H,25,30). The molecule has 6 nitrogen and oxygen atoms in total. The molecule has 1 saturated heterocycles. The number of ether oxygens (including phenoxy) is 1. The summed E-state index contributed by atoms with van der Waals surface area (Å²) in [7, 11) is 0. The van der Waals surface area contributed by atoms with E-state index in [-0.39, 0.29) is 18.7 Å². The van der Waals surface area contributed by atoms with Crippen LogP contribution < -0.4 is 10.1 Å². The number of benzene rings is 1. The number of hydrogen-bond donors (Lipinski definition) is 2. The second-order valence-corrected chi connectivity index (χ2v) is 7.44. The molecule has 4 rings (SSSR count). The molecule has 0 aliphatic carbocycles. The van der Waals surface area contributed by atoms with E-state index in [1.165, 1.54) is 0 Å². The van der Waals surface area contributed by atoms with Crippen molar-refractivity contribution in [2.24, 2.45) is 0 Å². The fourth-order valence-corrected chi connectivity index (χ4v) is 4.08. The molecule has 1 fully saturated rings. The quantitative estimate of drug-likeness (QED) is 0.529. The van der Waals surface area contributed by atoms with E-state index in [0.29, 0.717) is 24.7 Å². The third-order valence-electron chi connectivity index (χ3n) is 5.12. The van der Waals surface area contributed by atoms with E-state index in [1.54, 1.807) is 6.20 Å². The lowest BCUT2D eigenvalue weighted by atomic mass is 10.0. The van der Waals surface area contributed by atoms with Crippen molar-refractivity contribution in [2.75, 3.05) is 19.8 Å². The van der Waals surface area contributed by atoms with Crippen LogP contribution in [-0.4, -0.2) is 39.9 Å². The van der Waals surface area contributed by atoms with Gasteiger partial charge in [-0.3, -0.25) is 4.98 Å². The number of thiocarbonyl (C=S) groups is 1. The smallest absolute Gasteiger partial charge is 0.170 e. The van der Waals surface area contributed by atoms with Gasteiger partial charge in [0.2, 0.25) is 0 Å². The Morgan fingerprint density at radius 3 is 2.70 bits per heavy atom. The van der Waals surface area contributed by atoms with Crippen molar-refractivity contribution in [2.45, 2.75) is 25.4 Å². The molecule has 156 valence electrons. The Morgan fingerprint density at radius 1 is 1.17 bits per heavy atom. The second-order valence-electron chi connectivity index (χ2n) is 7.06. The molecule has 2 unspecified atom stereocenters. The normalized spacial score (nSPS) is 18.5. The maximum atomic E-state index is 9.33. The highest BCUT2D eigenvalue weighted by Gasteiger charge is 2.41. The van der Waals surface area contributed by atoms with Crippen LogP contribution in [0.2, 0.25) is 0 Å². The number of rotatable bonds is 8. The van der Waals surface area contributed by atoms with Crippen LogP contribution in [-0.2, 0) is 0 Å². The summed E-state index contributed by atoms with van der Waals surface area (Å²) in [5, 5.41) is 13.4. The molecule has 0 saturated carbocycles. The highest BCUT2D eigenvalue weighted by molar-refractivity contribution is 7.80. The van der Waals surface area contributed by atoms with Crippen molar-refractivity contribution in [3.8, 4) is 17.1 Å². The second kappa shape index (κ2) is 9.28. The van der Waals surface area contributed by atoms with Gasteiger partial charge in [0.25, 0.3) is 0 Å². The molecule has 0 amide bonds. The van der Waals surface area contributed by atoms with Gasteiger partial charge in [0.1, 0.15) is 23.3 Å². The van der Waals surface area contributed by atoms with Gasteiger partial charge in [-0.05, 0) is 74.1 Å².